The van der Waals surface area contributed by atoms with Gasteiger partial charge in [-0.1, -0.05) is 60.7 Å². The van der Waals surface area contributed by atoms with Crippen molar-refractivity contribution in [1.29, 1.82) is 0 Å². The van der Waals surface area contributed by atoms with Gasteiger partial charge in [0.15, 0.2) is 0 Å². The standard InChI is InChI=1S/C18H12O3S.Na/c19-22(20,21)18-7-3-6-14-16-9-8-12-4-1-2-5-13(12)15(16)10-11-17(14)18;/h1-11H,(H,19,20,21);/q;+1/p-1. The fourth-order valence-corrected chi connectivity index (χ4v) is 3.74. The van der Waals surface area contributed by atoms with E-state index >= 15 is 0 Å². The zero-order chi connectivity index (χ0) is 15.3. The minimum Gasteiger partial charge on any atom is -0.744 e. The molecule has 5 heteroatoms. The van der Waals surface area contributed by atoms with E-state index in [1.165, 1.54) is 6.07 Å². The minimum absolute atomic E-state index is 0. The van der Waals surface area contributed by atoms with Crippen LogP contribution in [-0.4, -0.2) is 13.0 Å². The molecule has 0 amide bonds. The van der Waals surface area contributed by atoms with Crippen molar-refractivity contribution >= 4 is 42.4 Å². The summed E-state index contributed by atoms with van der Waals surface area (Å²) in [7, 11) is -4.49. The average Bonchev–Trinajstić information content (AvgIpc) is 2.52. The molecule has 0 saturated heterocycles. The van der Waals surface area contributed by atoms with Crippen molar-refractivity contribution in [3.8, 4) is 0 Å². The first-order valence-corrected chi connectivity index (χ1v) is 8.26. The third kappa shape index (κ3) is 2.67. The average molecular weight is 330 g/mol. The molecule has 0 atom stereocenters. The van der Waals surface area contributed by atoms with Crippen molar-refractivity contribution in [3.05, 3.63) is 66.7 Å². The normalized spacial score (nSPS) is 11.7. The Bertz CT molecular complexity index is 1150. The molecule has 23 heavy (non-hydrogen) atoms. The van der Waals surface area contributed by atoms with Crippen molar-refractivity contribution in [2.24, 2.45) is 0 Å². The Hall–Kier alpha value is -1.43. The molecule has 0 heterocycles. The van der Waals surface area contributed by atoms with Crippen LogP contribution in [0, 0.1) is 0 Å². The summed E-state index contributed by atoms with van der Waals surface area (Å²) in [5.41, 5.74) is 0. The summed E-state index contributed by atoms with van der Waals surface area (Å²) in [6, 6.07) is 20.4. The van der Waals surface area contributed by atoms with Gasteiger partial charge in [-0.2, -0.15) is 0 Å². The molecule has 3 nitrogen and oxygen atoms in total. The van der Waals surface area contributed by atoms with E-state index < -0.39 is 10.1 Å². The van der Waals surface area contributed by atoms with Gasteiger partial charge >= 0.3 is 29.6 Å². The number of rotatable bonds is 1. The molecule has 0 aliphatic rings. The monoisotopic (exact) mass is 330 g/mol. The van der Waals surface area contributed by atoms with Crippen LogP contribution in [0.3, 0.4) is 0 Å². The third-order valence-electron chi connectivity index (χ3n) is 4.01. The van der Waals surface area contributed by atoms with Crippen molar-refractivity contribution in [1.82, 2.24) is 0 Å². The Labute approximate surface area is 156 Å². The van der Waals surface area contributed by atoms with E-state index in [9.17, 15) is 13.0 Å². The number of benzene rings is 4. The molecular weight excluding hydrogens is 319 g/mol. The third-order valence-corrected chi connectivity index (χ3v) is 4.91. The maximum absolute atomic E-state index is 11.4. The predicted octanol–water partition coefficient (Wildman–Crippen LogP) is 1.05. The second kappa shape index (κ2) is 5.89. The van der Waals surface area contributed by atoms with Gasteiger partial charge in [-0.25, -0.2) is 8.42 Å². The van der Waals surface area contributed by atoms with E-state index in [4.69, 9.17) is 0 Å². The molecule has 0 unspecified atom stereocenters. The maximum Gasteiger partial charge on any atom is 1.00 e. The van der Waals surface area contributed by atoms with Crippen LogP contribution >= 0.6 is 0 Å². The first kappa shape index (κ1) is 16.4. The summed E-state index contributed by atoms with van der Waals surface area (Å²) in [5.74, 6) is 0. The van der Waals surface area contributed by atoms with Crippen molar-refractivity contribution in [2.75, 3.05) is 0 Å². The largest absolute Gasteiger partial charge is 1.00 e. The second-order valence-electron chi connectivity index (χ2n) is 5.25. The predicted molar refractivity (Wildman–Crippen MR) is 86.9 cm³/mol. The Balaban J connectivity index is 0.00000156. The van der Waals surface area contributed by atoms with E-state index in [2.05, 4.69) is 0 Å². The van der Waals surface area contributed by atoms with E-state index in [1.54, 1.807) is 12.1 Å². The van der Waals surface area contributed by atoms with Crippen molar-refractivity contribution < 1.29 is 42.5 Å². The number of hydrogen-bond donors (Lipinski definition) is 0. The fourth-order valence-electron chi connectivity index (χ4n) is 3.05. The Kier molecular flexibility index (Phi) is 4.21. The smallest absolute Gasteiger partial charge is 0.744 e. The molecule has 0 saturated carbocycles. The van der Waals surface area contributed by atoms with E-state index in [0.717, 1.165) is 26.9 Å². The Morgan fingerprint density at radius 3 is 1.96 bits per heavy atom. The van der Waals surface area contributed by atoms with E-state index in [0.29, 0.717) is 5.39 Å². The van der Waals surface area contributed by atoms with Gasteiger partial charge < -0.3 is 4.55 Å². The fraction of sp³-hybridized carbons (Fsp3) is 0. The summed E-state index contributed by atoms with van der Waals surface area (Å²) in [6.07, 6.45) is 0. The van der Waals surface area contributed by atoms with Crippen LogP contribution < -0.4 is 29.6 Å². The molecule has 0 radical (unpaired) electrons. The first-order valence-electron chi connectivity index (χ1n) is 6.85. The molecule has 4 aromatic carbocycles. The zero-order valence-corrected chi connectivity index (χ0v) is 15.3. The van der Waals surface area contributed by atoms with Gasteiger partial charge in [-0.15, -0.1) is 0 Å². The SMILES string of the molecule is O=S(=O)([O-])c1cccc2c1ccc1c3ccccc3ccc21.[Na+]. The summed E-state index contributed by atoms with van der Waals surface area (Å²) >= 11 is 0. The van der Waals surface area contributed by atoms with Crippen LogP contribution in [0.1, 0.15) is 0 Å². The molecule has 4 rings (SSSR count). The molecule has 0 aliphatic heterocycles. The molecule has 4 aromatic rings. The van der Waals surface area contributed by atoms with Crippen molar-refractivity contribution in [3.63, 3.8) is 0 Å². The first-order chi connectivity index (χ1) is 10.6. The van der Waals surface area contributed by atoms with Gasteiger partial charge in [0, 0.05) is 0 Å². The molecule has 0 bridgehead atoms. The minimum atomic E-state index is -4.49. The van der Waals surface area contributed by atoms with Gasteiger partial charge in [-0.05, 0) is 38.4 Å². The summed E-state index contributed by atoms with van der Waals surface area (Å²) in [4.78, 5) is -0.167. The molecule has 0 fully saturated rings. The van der Waals surface area contributed by atoms with Gasteiger partial charge in [0.05, 0.1) is 4.90 Å². The Morgan fingerprint density at radius 2 is 1.17 bits per heavy atom. The van der Waals surface area contributed by atoms with Crippen LogP contribution in [0.15, 0.2) is 71.6 Å². The van der Waals surface area contributed by atoms with Crippen LogP contribution in [0.4, 0.5) is 0 Å². The van der Waals surface area contributed by atoms with Crippen LogP contribution in [-0.2, 0) is 10.1 Å². The van der Waals surface area contributed by atoms with Crippen LogP contribution in [0.2, 0.25) is 0 Å². The summed E-state index contributed by atoms with van der Waals surface area (Å²) in [6.45, 7) is 0. The molecule has 108 valence electrons. The second-order valence-corrected chi connectivity index (χ2v) is 6.60. The van der Waals surface area contributed by atoms with E-state index in [1.807, 2.05) is 48.5 Å². The Morgan fingerprint density at radius 1 is 0.609 bits per heavy atom. The van der Waals surface area contributed by atoms with Gasteiger partial charge in [0.1, 0.15) is 10.1 Å². The molecule has 0 aromatic heterocycles. The van der Waals surface area contributed by atoms with E-state index in [-0.39, 0.29) is 34.5 Å². The van der Waals surface area contributed by atoms with Crippen molar-refractivity contribution in [2.45, 2.75) is 4.90 Å². The quantitative estimate of drug-likeness (QED) is 0.298. The van der Waals surface area contributed by atoms with Crippen LogP contribution in [0.25, 0.3) is 32.3 Å². The zero-order valence-electron chi connectivity index (χ0n) is 12.5. The number of hydrogen-bond acceptors (Lipinski definition) is 3. The summed E-state index contributed by atoms with van der Waals surface area (Å²) < 4.78 is 34.3. The number of fused-ring (bicyclic) bond motifs is 5. The topological polar surface area (TPSA) is 57.2 Å². The molecule has 0 spiro atoms. The van der Waals surface area contributed by atoms with Gasteiger partial charge in [0.2, 0.25) is 0 Å². The summed E-state index contributed by atoms with van der Waals surface area (Å²) in [5, 5.41) is 5.48. The molecular formula is C18H11NaO3S. The van der Waals surface area contributed by atoms with Gasteiger partial charge in [0.25, 0.3) is 0 Å². The van der Waals surface area contributed by atoms with Crippen LogP contribution in [0.5, 0.6) is 0 Å². The van der Waals surface area contributed by atoms with Gasteiger partial charge in [-0.3, -0.25) is 0 Å². The maximum atomic E-state index is 11.4. The molecule has 0 aliphatic carbocycles. The molecule has 0 N–H and O–H groups in total.